The molecule has 0 aliphatic heterocycles. The van der Waals surface area contributed by atoms with Crippen LogP contribution < -0.4 is 0 Å². The second kappa shape index (κ2) is 4.35. The first-order chi connectivity index (χ1) is 8.74. The van der Waals surface area contributed by atoms with Crippen LogP contribution in [0.25, 0.3) is 22.3 Å². The highest BCUT2D eigenvalue weighted by Gasteiger charge is 2.08. The largest absolute Gasteiger partial charge is 0.256 e. The first-order valence-electron chi connectivity index (χ1n) is 5.59. The van der Waals surface area contributed by atoms with Crippen molar-refractivity contribution in [3.8, 4) is 11.4 Å². The lowest BCUT2D eigenvalue weighted by molar-refractivity contribution is 1.11. The predicted molar refractivity (Wildman–Crippen MR) is 72.5 cm³/mol. The molecule has 18 heavy (non-hydrogen) atoms. The van der Waals surface area contributed by atoms with Crippen molar-refractivity contribution in [2.24, 2.45) is 0 Å². The molecule has 2 heterocycles. The zero-order valence-corrected chi connectivity index (χ0v) is 10.5. The van der Waals surface area contributed by atoms with E-state index in [0.29, 0.717) is 11.0 Å². The van der Waals surface area contributed by atoms with Crippen molar-refractivity contribution < 1.29 is 0 Å². The molecule has 0 N–H and O–H groups in total. The van der Waals surface area contributed by atoms with E-state index in [-0.39, 0.29) is 0 Å². The molecule has 3 nitrogen and oxygen atoms in total. The van der Waals surface area contributed by atoms with Crippen LogP contribution in [0.15, 0.2) is 42.6 Å². The van der Waals surface area contributed by atoms with Gasteiger partial charge in [0, 0.05) is 22.8 Å². The number of fused-ring (bicyclic) bond motifs is 1. The molecule has 2 aromatic heterocycles. The number of benzene rings is 1. The summed E-state index contributed by atoms with van der Waals surface area (Å²) in [4.78, 5) is 13.0. The summed E-state index contributed by atoms with van der Waals surface area (Å²) in [7, 11) is 0. The summed E-state index contributed by atoms with van der Waals surface area (Å²) in [6.45, 7) is 1.90. The van der Waals surface area contributed by atoms with Gasteiger partial charge in [-0.15, -0.1) is 0 Å². The van der Waals surface area contributed by atoms with Crippen molar-refractivity contribution in [2.75, 3.05) is 0 Å². The van der Waals surface area contributed by atoms with E-state index in [0.717, 1.165) is 22.2 Å². The standard InChI is InChI=1S/C14H10ClN3/c1-9-8-13(15)18-14(17-9)11-6-7-16-12-5-3-2-4-10(11)12/h2-8H,1H3. The van der Waals surface area contributed by atoms with Gasteiger partial charge in [-0.25, -0.2) is 9.97 Å². The second-order valence-electron chi connectivity index (χ2n) is 4.03. The van der Waals surface area contributed by atoms with E-state index < -0.39 is 0 Å². The summed E-state index contributed by atoms with van der Waals surface area (Å²) in [5.41, 5.74) is 2.73. The molecular formula is C14H10ClN3. The van der Waals surface area contributed by atoms with E-state index in [9.17, 15) is 0 Å². The van der Waals surface area contributed by atoms with Crippen molar-refractivity contribution in [2.45, 2.75) is 6.92 Å². The van der Waals surface area contributed by atoms with Crippen molar-refractivity contribution in [3.05, 3.63) is 53.4 Å². The maximum absolute atomic E-state index is 5.98. The maximum Gasteiger partial charge on any atom is 0.161 e. The van der Waals surface area contributed by atoms with Gasteiger partial charge in [0.2, 0.25) is 0 Å². The SMILES string of the molecule is Cc1cc(Cl)nc(-c2ccnc3ccccc23)n1. The average Bonchev–Trinajstić information content (AvgIpc) is 2.37. The molecule has 0 unspecified atom stereocenters. The monoisotopic (exact) mass is 255 g/mol. The molecule has 0 aliphatic rings. The van der Waals surface area contributed by atoms with E-state index in [2.05, 4.69) is 15.0 Å². The molecule has 3 aromatic rings. The maximum atomic E-state index is 5.98. The summed E-state index contributed by atoms with van der Waals surface area (Å²) in [5, 5.41) is 1.49. The lowest BCUT2D eigenvalue weighted by atomic mass is 10.1. The Morgan fingerprint density at radius 3 is 2.72 bits per heavy atom. The van der Waals surface area contributed by atoms with E-state index in [4.69, 9.17) is 11.6 Å². The number of halogens is 1. The minimum absolute atomic E-state index is 0.457. The molecular weight excluding hydrogens is 246 g/mol. The second-order valence-corrected chi connectivity index (χ2v) is 4.42. The van der Waals surface area contributed by atoms with Crippen LogP contribution in [0, 0.1) is 6.92 Å². The Hall–Kier alpha value is -2.00. The van der Waals surface area contributed by atoms with Crippen molar-refractivity contribution in [1.82, 2.24) is 15.0 Å². The summed E-state index contributed by atoms with van der Waals surface area (Å²) < 4.78 is 0. The molecule has 88 valence electrons. The molecule has 0 saturated heterocycles. The van der Waals surface area contributed by atoms with Gasteiger partial charge in [0.1, 0.15) is 5.15 Å². The van der Waals surface area contributed by atoms with Crippen LogP contribution in [0.5, 0.6) is 0 Å². The van der Waals surface area contributed by atoms with Gasteiger partial charge >= 0.3 is 0 Å². The number of para-hydroxylation sites is 1. The van der Waals surface area contributed by atoms with Crippen LogP contribution >= 0.6 is 11.6 Å². The minimum Gasteiger partial charge on any atom is -0.256 e. The molecule has 0 amide bonds. The van der Waals surface area contributed by atoms with Gasteiger partial charge in [-0.3, -0.25) is 4.98 Å². The number of aryl methyl sites for hydroxylation is 1. The normalized spacial score (nSPS) is 10.8. The van der Waals surface area contributed by atoms with E-state index >= 15 is 0 Å². The summed E-state index contributed by atoms with van der Waals surface area (Å²) >= 11 is 5.98. The number of hydrogen-bond acceptors (Lipinski definition) is 3. The predicted octanol–water partition coefficient (Wildman–Crippen LogP) is 3.65. The molecule has 0 fully saturated rings. The zero-order chi connectivity index (χ0) is 12.5. The smallest absolute Gasteiger partial charge is 0.161 e. The highest BCUT2D eigenvalue weighted by atomic mass is 35.5. The Kier molecular flexibility index (Phi) is 2.68. The van der Waals surface area contributed by atoms with Gasteiger partial charge in [-0.2, -0.15) is 0 Å². The van der Waals surface area contributed by atoms with E-state index in [1.54, 1.807) is 12.3 Å². The third-order valence-corrected chi connectivity index (χ3v) is 2.91. The third kappa shape index (κ3) is 1.93. The van der Waals surface area contributed by atoms with Gasteiger partial charge in [0.05, 0.1) is 5.52 Å². The molecule has 1 aromatic carbocycles. The molecule has 0 atom stereocenters. The van der Waals surface area contributed by atoms with Crippen LogP contribution in [0.4, 0.5) is 0 Å². The first kappa shape index (κ1) is 11.1. The van der Waals surface area contributed by atoms with Crippen LogP contribution in [0.3, 0.4) is 0 Å². The summed E-state index contributed by atoms with van der Waals surface area (Å²) in [6.07, 6.45) is 1.76. The molecule has 0 radical (unpaired) electrons. The number of rotatable bonds is 1. The number of nitrogens with zero attached hydrogens (tertiary/aromatic N) is 3. The van der Waals surface area contributed by atoms with Crippen molar-refractivity contribution >= 4 is 22.5 Å². The molecule has 0 aliphatic carbocycles. The van der Waals surface area contributed by atoms with Crippen LogP contribution in [0.2, 0.25) is 5.15 Å². The number of pyridine rings is 1. The van der Waals surface area contributed by atoms with Crippen LogP contribution in [-0.4, -0.2) is 15.0 Å². The number of hydrogen-bond donors (Lipinski definition) is 0. The van der Waals surface area contributed by atoms with Crippen LogP contribution in [-0.2, 0) is 0 Å². The van der Waals surface area contributed by atoms with Crippen molar-refractivity contribution in [3.63, 3.8) is 0 Å². The summed E-state index contributed by atoms with van der Waals surface area (Å²) in [6, 6.07) is 11.6. The van der Waals surface area contributed by atoms with Gasteiger partial charge in [0.15, 0.2) is 5.82 Å². The molecule has 3 rings (SSSR count). The van der Waals surface area contributed by atoms with Gasteiger partial charge in [-0.05, 0) is 25.1 Å². The first-order valence-corrected chi connectivity index (χ1v) is 5.97. The Morgan fingerprint density at radius 2 is 1.89 bits per heavy atom. The third-order valence-electron chi connectivity index (χ3n) is 2.71. The summed E-state index contributed by atoms with van der Waals surface area (Å²) in [5.74, 6) is 0.638. The molecule has 0 bridgehead atoms. The lowest BCUT2D eigenvalue weighted by Gasteiger charge is -2.05. The molecule has 0 saturated carbocycles. The highest BCUT2D eigenvalue weighted by molar-refractivity contribution is 6.29. The fourth-order valence-corrected chi connectivity index (χ4v) is 2.18. The Bertz CT molecular complexity index is 700. The minimum atomic E-state index is 0.457. The van der Waals surface area contributed by atoms with Crippen molar-refractivity contribution in [1.29, 1.82) is 0 Å². The lowest BCUT2D eigenvalue weighted by Crippen LogP contribution is -1.93. The van der Waals surface area contributed by atoms with E-state index in [1.807, 2.05) is 37.3 Å². The topological polar surface area (TPSA) is 38.7 Å². The highest BCUT2D eigenvalue weighted by Crippen LogP contribution is 2.25. The zero-order valence-electron chi connectivity index (χ0n) is 9.76. The Labute approximate surface area is 109 Å². The Morgan fingerprint density at radius 1 is 1.06 bits per heavy atom. The molecule has 4 heteroatoms. The quantitative estimate of drug-likeness (QED) is 0.623. The Balaban J connectivity index is 2.31. The molecule has 0 spiro atoms. The van der Waals surface area contributed by atoms with Crippen LogP contribution in [0.1, 0.15) is 5.69 Å². The fourth-order valence-electron chi connectivity index (χ4n) is 1.94. The van der Waals surface area contributed by atoms with Gasteiger partial charge in [-0.1, -0.05) is 29.8 Å². The number of aromatic nitrogens is 3. The average molecular weight is 256 g/mol. The fraction of sp³-hybridized carbons (Fsp3) is 0.0714. The van der Waals surface area contributed by atoms with E-state index in [1.165, 1.54) is 0 Å². The van der Waals surface area contributed by atoms with Gasteiger partial charge in [0.25, 0.3) is 0 Å². The van der Waals surface area contributed by atoms with Gasteiger partial charge < -0.3 is 0 Å².